The number of nitrogens with one attached hydrogen (secondary N) is 1. The Balaban J connectivity index is 1.77. The first-order chi connectivity index (χ1) is 12.4. The van der Waals surface area contributed by atoms with Gasteiger partial charge in [-0.15, -0.1) is 11.3 Å². The molecular formula is C18H17N3O3S2. The maximum atomic E-state index is 12.2. The molecule has 0 atom stereocenters. The van der Waals surface area contributed by atoms with E-state index in [4.69, 9.17) is 0 Å². The third-order valence-electron chi connectivity index (χ3n) is 3.69. The number of aromatic nitrogens is 1. The van der Waals surface area contributed by atoms with Crippen LogP contribution in [0.5, 0.6) is 0 Å². The number of thiazole rings is 1. The zero-order valence-electron chi connectivity index (χ0n) is 14.2. The molecule has 1 amide bonds. The number of rotatable bonds is 5. The lowest BCUT2D eigenvalue weighted by molar-refractivity contribution is 0.102. The van der Waals surface area contributed by atoms with E-state index in [0.29, 0.717) is 16.4 Å². The molecule has 1 N–H and O–H groups in total. The Labute approximate surface area is 156 Å². The Hall–Kier alpha value is -2.55. The van der Waals surface area contributed by atoms with Crippen LogP contribution in [0.2, 0.25) is 0 Å². The summed E-state index contributed by atoms with van der Waals surface area (Å²) in [5.74, 6) is -0.223. The Kier molecular flexibility index (Phi) is 5.17. The molecule has 0 saturated carbocycles. The van der Waals surface area contributed by atoms with Gasteiger partial charge in [0.1, 0.15) is 0 Å². The molecule has 1 aromatic heterocycles. The minimum atomic E-state index is -3.46. The molecule has 0 unspecified atom stereocenters. The zero-order chi connectivity index (χ0) is 18.7. The first-order valence-corrected chi connectivity index (χ1v) is 10.0. The molecular weight excluding hydrogens is 370 g/mol. The van der Waals surface area contributed by atoms with Gasteiger partial charge < -0.3 is 0 Å². The second-order valence-electron chi connectivity index (χ2n) is 5.67. The van der Waals surface area contributed by atoms with Crippen molar-refractivity contribution in [3.63, 3.8) is 0 Å². The van der Waals surface area contributed by atoms with Crippen molar-refractivity contribution in [2.24, 2.45) is 0 Å². The van der Waals surface area contributed by atoms with Crippen molar-refractivity contribution in [1.82, 2.24) is 9.29 Å². The van der Waals surface area contributed by atoms with Crippen LogP contribution in [0.1, 0.15) is 10.4 Å². The molecule has 0 fully saturated rings. The minimum absolute atomic E-state index is 0.221. The highest BCUT2D eigenvalue weighted by Crippen LogP contribution is 2.26. The summed E-state index contributed by atoms with van der Waals surface area (Å²) < 4.78 is 25.4. The van der Waals surface area contributed by atoms with Gasteiger partial charge >= 0.3 is 0 Å². The Morgan fingerprint density at radius 1 is 1.04 bits per heavy atom. The lowest BCUT2D eigenvalue weighted by atomic mass is 10.2. The normalized spacial score (nSPS) is 11.5. The van der Waals surface area contributed by atoms with E-state index in [1.165, 1.54) is 29.7 Å². The predicted molar refractivity (Wildman–Crippen MR) is 103 cm³/mol. The molecule has 0 radical (unpaired) electrons. The summed E-state index contributed by atoms with van der Waals surface area (Å²) in [7, 11) is -0.476. The van der Waals surface area contributed by atoms with Gasteiger partial charge in [-0.25, -0.2) is 17.7 Å². The number of anilines is 1. The fraction of sp³-hybridized carbons (Fsp3) is 0.111. The number of nitrogens with zero attached hydrogens (tertiary/aromatic N) is 2. The van der Waals surface area contributed by atoms with E-state index in [2.05, 4.69) is 10.3 Å². The second kappa shape index (κ2) is 7.36. The molecule has 6 nitrogen and oxygen atoms in total. The van der Waals surface area contributed by atoms with Crippen LogP contribution in [-0.4, -0.2) is 37.7 Å². The van der Waals surface area contributed by atoms with Crippen LogP contribution < -0.4 is 5.32 Å². The fourth-order valence-electron chi connectivity index (χ4n) is 2.23. The van der Waals surface area contributed by atoms with Crippen LogP contribution in [-0.2, 0) is 10.0 Å². The van der Waals surface area contributed by atoms with Gasteiger partial charge in [0, 0.05) is 30.6 Å². The van der Waals surface area contributed by atoms with E-state index in [0.717, 1.165) is 5.56 Å². The van der Waals surface area contributed by atoms with Crippen molar-refractivity contribution < 1.29 is 13.2 Å². The largest absolute Gasteiger partial charge is 0.298 e. The number of amides is 1. The van der Waals surface area contributed by atoms with Gasteiger partial charge in [-0.3, -0.25) is 10.1 Å². The van der Waals surface area contributed by atoms with Gasteiger partial charge in [0.15, 0.2) is 5.13 Å². The Morgan fingerprint density at radius 2 is 1.69 bits per heavy atom. The zero-order valence-corrected chi connectivity index (χ0v) is 15.8. The van der Waals surface area contributed by atoms with Crippen molar-refractivity contribution >= 4 is 32.4 Å². The first kappa shape index (κ1) is 18.2. The number of benzene rings is 2. The molecule has 3 aromatic rings. The van der Waals surface area contributed by atoms with Crippen LogP contribution in [0.3, 0.4) is 0 Å². The summed E-state index contributed by atoms with van der Waals surface area (Å²) in [5, 5.41) is 5.07. The third-order valence-corrected chi connectivity index (χ3v) is 6.28. The molecule has 0 bridgehead atoms. The second-order valence-corrected chi connectivity index (χ2v) is 8.68. The van der Waals surface area contributed by atoms with E-state index in [9.17, 15) is 13.2 Å². The van der Waals surface area contributed by atoms with E-state index in [-0.39, 0.29) is 10.8 Å². The van der Waals surface area contributed by atoms with Crippen LogP contribution >= 0.6 is 11.3 Å². The molecule has 3 rings (SSSR count). The number of sulfonamides is 1. The highest BCUT2D eigenvalue weighted by atomic mass is 32.2. The monoisotopic (exact) mass is 387 g/mol. The van der Waals surface area contributed by atoms with Crippen LogP contribution in [0.25, 0.3) is 11.3 Å². The number of carbonyl (C=O) groups is 1. The summed E-state index contributed by atoms with van der Waals surface area (Å²) in [5.41, 5.74) is 2.01. The smallest absolute Gasteiger partial charge is 0.257 e. The molecule has 8 heteroatoms. The van der Waals surface area contributed by atoms with Crippen molar-refractivity contribution in [1.29, 1.82) is 0 Å². The van der Waals surface area contributed by atoms with Gasteiger partial charge in [-0.1, -0.05) is 30.3 Å². The molecule has 26 heavy (non-hydrogen) atoms. The summed E-state index contributed by atoms with van der Waals surface area (Å²) in [6, 6.07) is 15.4. The van der Waals surface area contributed by atoms with E-state index < -0.39 is 10.0 Å². The molecule has 0 aliphatic rings. The molecule has 0 saturated heterocycles. The fourth-order valence-corrected chi connectivity index (χ4v) is 3.85. The molecule has 0 aliphatic heterocycles. The Morgan fingerprint density at radius 3 is 2.31 bits per heavy atom. The average Bonchev–Trinajstić information content (AvgIpc) is 3.11. The molecule has 0 spiro atoms. The number of carbonyl (C=O) groups excluding carboxylic acids is 1. The SMILES string of the molecule is CN(C)S(=O)(=O)c1ccc(-c2csc(NC(=O)c3ccccc3)n2)cc1. The third kappa shape index (κ3) is 3.82. The highest BCUT2D eigenvalue weighted by molar-refractivity contribution is 7.89. The number of hydrogen-bond donors (Lipinski definition) is 1. The summed E-state index contributed by atoms with van der Waals surface area (Å²) in [6.07, 6.45) is 0. The van der Waals surface area contributed by atoms with Crippen molar-refractivity contribution in [3.05, 3.63) is 65.5 Å². The quantitative estimate of drug-likeness (QED) is 0.728. The van der Waals surface area contributed by atoms with E-state index >= 15 is 0 Å². The van der Waals surface area contributed by atoms with Crippen molar-refractivity contribution in [3.8, 4) is 11.3 Å². The van der Waals surface area contributed by atoms with Crippen LogP contribution in [0, 0.1) is 0 Å². The van der Waals surface area contributed by atoms with E-state index in [1.54, 1.807) is 48.5 Å². The maximum Gasteiger partial charge on any atom is 0.257 e. The van der Waals surface area contributed by atoms with Crippen molar-refractivity contribution in [2.75, 3.05) is 19.4 Å². The van der Waals surface area contributed by atoms with Gasteiger partial charge in [-0.05, 0) is 24.3 Å². The van der Waals surface area contributed by atoms with Crippen LogP contribution in [0.4, 0.5) is 5.13 Å². The molecule has 1 heterocycles. The standard InChI is InChI=1S/C18H17N3O3S2/c1-21(2)26(23,24)15-10-8-13(9-11-15)16-12-25-18(19-16)20-17(22)14-6-4-3-5-7-14/h3-12H,1-2H3,(H,19,20,22). The van der Waals surface area contributed by atoms with E-state index in [1.807, 2.05) is 11.4 Å². The van der Waals surface area contributed by atoms with Crippen molar-refractivity contribution in [2.45, 2.75) is 4.90 Å². The first-order valence-electron chi connectivity index (χ1n) is 7.73. The van der Waals surface area contributed by atoms with Gasteiger partial charge in [0.25, 0.3) is 5.91 Å². The van der Waals surface area contributed by atoms with Gasteiger partial charge in [0.05, 0.1) is 10.6 Å². The van der Waals surface area contributed by atoms with Crippen LogP contribution in [0.15, 0.2) is 64.9 Å². The Bertz CT molecular complexity index is 1010. The lowest BCUT2D eigenvalue weighted by Crippen LogP contribution is -2.22. The molecule has 0 aliphatic carbocycles. The maximum absolute atomic E-state index is 12.2. The molecule has 2 aromatic carbocycles. The highest BCUT2D eigenvalue weighted by Gasteiger charge is 2.17. The van der Waals surface area contributed by atoms with Gasteiger partial charge in [-0.2, -0.15) is 0 Å². The topological polar surface area (TPSA) is 79.4 Å². The average molecular weight is 387 g/mol. The summed E-state index contributed by atoms with van der Waals surface area (Å²) >= 11 is 1.31. The molecule has 134 valence electrons. The van der Waals surface area contributed by atoms with Gasteiger partial charge in [0.2, 0.25) is 10.0 Å². The minimum Gasteiger partial charge on any atom is -0.298 e. The summed E-state index contributed by atoms with van der Waals surface area (Å²) in [6.45, 7) is 0. The predicted octanol–water partition coefficient (Wildman–Crippen LogP) is 3.31. The number of hydrogen-bond acceptors (Lipinski definition) is 5. The summed E-state index contributed by atoms with van der Waals surface area (Å²) in [4.78, 5) is 16.8. The lowest BCUT2D eigenvalue weighted by Gasteiger charge is -2.11.